The van der Waals surface area contributed by atoms with E-state index in [-0.39, 0.29) is 12.0 Å². The maximum atomic E-state index is 12.5. The van der Waals surface area contributed by atoms with Gasteiger partial charge in [0.15, 0.2) is 0 Å². The molecule has 0 bridgehead atoms. The first kappa shape index (κ1) is 15.5. The highest BCUT2D eigenvalue weighted by atomic mass is 16.3. The molecule has 1 aromatic carbocycles. The first-order chi connectivity index (χ1) is 10.7. The van der Waals surface area contributed by atoms with Crippen molar-refractivity contribution in [1.82, 2.24) is 9.80 Å². The molecule has 1 amide bonds. The van der Waals surface area contributed by atoms with Crippen LogP contribution in [0.2, 0.25) is 0 Å². The van der Waals surface area contributed by atoms with E-state index in [2.05, 4.69) is 11.8 Å². The highest BCUT2D eigenvalue weighted by molar-refractivity contribution is 5.94. The van der Waals surface area contributed by atoms with Gasteiger partial charge in [-0.3, -0.25) is 9.69 Å². The van der Waals surface area contributed by atoms with E-state index in [0.717, 1.165) is 57.4 Å². The number of hydrogen-bond acceptors (Lipinski definition) is 3. The largest absolute Gasteiger partial charge is 0.391 e. The van der Waals surface area contributed by atoms with Crippen LogP contribution in [0.1, 0.15) is 42.1 Å². The molecule has 1 heterocycles. The summed E-state index contributed by atoms with van der Waals surface area (Å²) in [5, 5.41) is 10.0. The summed E-state index contributed by atoms with van der Waals surface area (Å²) in [4.78, 5) is 16.9. The van der Waals surface area contributed by atoms with Crippen LogP contribution < -0.4 is 0 Å². The van der Waals surface area contributed by atoms with E-state index in [4.69, 9.17) is 0 Å². The summed E-state index contributed by atoms with van der Waals surface area (Å²) in [7, 11) is 0. The Labute approximate surface area is 132 Å². The van der Waals surface area contributed by atoms with E-state index in [1.54, 1.807) is 0 Å². The predicted molar refractivity (Wildman–Crippen MR) is 86.9 cm³/mol. The third-order valence-corrected chi connectivity index (χ3v) is 5.12. The molecule has 1 aromatic rings. The van der Waals surface area contributed by atoms with Gasteiger partial charge in [0.05, 0.1) is 6.10 Å². The molecular weight excluding hydrogens is 276 g/mol. The Morgan fingerprint density at radius 2 is 1.82 bits per heavy atom. The first-order valence-electron chi connectivity index (χ1n) is 8.49. The van der Waals surface area contributed by atoms with Gasteiger partial charge in [-0.25, -0.2) is 0 Å². The molecule has 0 radical (unpaired) electrons. The number of hydrogen-bond donors (Lipinski definition) is 1. The number of nitrogens with zero attached hydrogens (tertiary/aromatic N) is 2. The monoisotopic (exact) mass is 302 g/mol. The Morgan fingerprint density at radius 3 is 2.36 bits per heavy atom. The Kier molecular flexibility index (Phi) is 4.79. The lowest BCUT2D eigenvalue weighted by atomic mass is 10.1. The third-order valence-electron chi connectivity index (χ3n) is 5.12. The zero-order valence-electron chi connectivity index (χ0n) is 13.4. The Balaban J connectivity index is 1.57. The number of aliphatic hydroxyl groups is 1. The van der Waals surface area contributed by atoms with Gasteiger partial charge in [-0.05, 0) is 43.4 Å². The summed E-state index contributed by atoms with van der Waals surface area (Å²) >= 11 is 0. The molecule has 1 saturated heterocycles. The summed E-state index contributed by atoms with van der Waals surface area (Å²) < 4.78 is 0. The van der Waals surface area contributed by atoms with Gasteiger partial charge in [-0.1, -0.05) is 19.1 Å². The zero-order chi connectivity index (χ0) is 15.5. The molecule has 2 fully saturated rings. The Bertz CT molecular complexity index is 506. The van der Waals surface area contributed by atoms with Crippen LogP contribution in [0.15, 0.2) is 24.3 Å². The highest BCUT2D eigenvalue weighted by Crippen LogP contribution is 2.25. The molecule has 1 N–H and O–H groups in total. The predicted octanol–water partition coefficient (Wildman–Crippen LogP) is 1.92. The van der Waals surface area contributed by atoms with Crippen LogP contribution in [0, 0.1) is 0 Å². The number of aryl methyl sites for hydroxylation is 1. The van der Waals surface area contributed by atoms with E-state index in [1.807, 2.05) is 29.2 Å². The van der Waals surface area contributed by atoms with Crippen molar-refractivity contribution in [2.24, 2.45) is 0 Å². The third kappa shape index (κ3) is 3.18. The van der Waals surface area contributed by atoms with Crippen molar-refractivity contribution in [2.45, 2.75) is 44.8 Å². The summed E-state index contributed by atoms with van der Waals surface area (Å²) in [6.45, 7) is 5.39. The number of carbonyl (C=O) groups is 1. The van der Waals surface area contributed by atoms with Crippen LogP contribution in [0.4, 0.5) is 0 Å². The van der Waals surface area contributed by atoms with Crippen LogP contribution in [0.5, 0.6) is 0 Å². The zero-order valence-corrected chi connectivity index (χ0v) is 13.4. The average molecular weight is 302 g/mol. The van der Waals surface area contributed by atoms with Gasteiger partial charge in [-0.2, -0.15) is 0 Å². The van der Waals surface area contributed by atoms with Crippen molar-refractivity contribution < 1.29 is 9.90 Å². The maximum Gasteiger partial charge on any atom is 0.253 e. The van der Waals surface area contributed by atoms with Crippen LogP contribution >= 0.6 is 0 Å². The molecule has 2 atom stereocenters. The van der Waals surface area contributed by atoms with E-state index in [1.165, 1.54) is 5.56 Å². The minimum Gasteiger partial charge on any atom is -0.391 e. The summed E-state index contributed by atoms with van der Waals surface area (Å²) in [6, 6.07) is 8.26. The molecular formula is C18H26N2O2. The molecule has 120 valence electrons. The average Bonchev–Trinajstić information content (AvgIpc) is 3.00. The van der Waals surface area contributed by atoms with Crippen molar-refractivity contribution in [1.29, 1.82) is 0 Å². The van der Waals surface area contributed by atoms with Gasteiger partial charge in [0.2, 0.25) is 0 Å². The fourth-order valence-corrected chi connectivity index (χ4v) is 3.67. The van der Waals surface area contributed by atoms with Gasteiger partial charge in [-0.15, -0.1) is 0 Å². The second-order valence-corrected chi connectivity index (χ2v) is 6.44. The van der Waals surface area contributed by atoms with Crippen LogP contribution in [0.3, 0.4) is 0 Å². The molecule has 4 heteroatoms. The molecule has 2 aliphatic rings. The lowest BCUT2D eigenvalue weighted by Gasteiger charge is -2.39. The molecule has 0 unspecified atom stereocenters. The number of carbonyl (C=O) groups excluding carboxylic acids is 1. The summed E-state index contributed by atoms with van der Waals surface area (Å²) in [6.07, 6.45) is 3.95. The second-order valence-electron chi connectivity index (χ2n) is 6.44. The SMILES string of the molecule is CCc1ccc(C(=O)N2CCN([C@@H]3CCC[C@@H]3O)CC2)cc1. The van der Waals surface area contributed by atoms with Gasteiger partial charge in [0, 0.05) is 37.8 Å². The Hall–Kier alpha value is -1.39. The molecule has 1 saturated carbocycles. The quantitative estimate of drug-likeness (QED) is 0.928. The van der Waals surface area contributed by atoms with E-state index < -0.39 is 0 Å². The fourth-order valence-electron chi connectivity index (χ4n) is 3.67. The normalized spacial score (nSPS) is 26.4. The van der Waals surface area contributed by atoms with Gasteiger partial charge < -0.3 is 10.0 Å². The minimum absolute atomic E-state index is 0.134. The molecule has 22 heavy (non-hydrogen) atoms. The van der Waals surface area contributed by atoms with Crippen molar-refractivity contribution in [3.8, 4) is 0 Å². The molecule has 1 aliphatic heterocycles. The van der Waals surface area contributed by atoms with Gasteiger partial charge in [0.1, 0.15) is 0 Å². The number of rotatable bonds is 3. The fraction of sp³-hybridized carbons (Fsp3) is 0.611. The Morgan fingerprint density at radius 1 is 1.14 bits per heavy atom. The lowest BCUT2D eigenvalue weighted by Crippen LogP contribution is -2.53. The van der Waals surface area contributed by atoms with Crippen molar-refractivity contribution in [2.75, 3.05) is 26.2 Å². The highest BCUT2D eigenvalue weighted by Gasteiger charge is 2.33. The van der Waals surface area contributed by atoms with Crippen LogP contribution in [-0.2, 0) is 6.42 Å². The molecule has 0 aromatic heterocycles. The van der Waals surface area contributed by atoms with E-state index >= 15 is 0 Å². The standard InChI is InChI=1S/C18H26N2O2/c1-2-14-6-8-15(9-7-14)18(22)20-12-10-19(11-13-20)16-4-3-5-17(16)21/h6-9,16-17,21H,2-5,10-13H2,1H3/t16-,17+/m1/s1. The van der Waals surface area contributed by atoms with Crippen molar-refractivity contribution in [3.63, 3.8) is 0 Å². The molecule has 0 spiro atoms. The van der Waals surface area contributed by atoms with Crippen LogP contribution in [0.25, 0.3) is 0 Å². The first-order valence-corrected chi connectivity index (χ1v) is 8.49. The van der Waals surface area contributed by atoms with Crippen LogP contribution in [-0.4, -0.2) is 59.1 Å². The minimum atomic E-state index is -0.177. The summed E-state index contributed by atoms with van der Waals surface area (Å²) in [5.74, 6) is 0.134. The van der Waals surface area contributed by atoms with Gasteiger partial charge in [0.25, 0.3) is 5.91 Å². The number of aliphatic hydroxyl groups excluding tert-OH is 1. The van der Waals surface area contributed by atoms with E-state index in [0.29, 0.717) is 6.04 Å². The second kappa shape index (κ2) is 6.80. The molecule has 1 aliphatic carbocycles. The van der Waals surface area contributed by atoms with Crippen molar-refractivity contribution in [3.05, 3.63) is 35.4 Å². The van der Waals surface area contributed by atoms with Gasteiger partial charge >= 0.3 is 0 Å². The maximum absolute atomic E-state index is 12.5. The molecule has 3 rings (SSSR count). The number of amides is 1. The van der Waals surface area contributed by atoms with E-state index in [9.17, 15) is 9.90 Å². The number of piperazine rings is 1. The topological polar surface area (TPSA) is 43.8 Å². The lowest BCUT2D eigenvalue weighted by molar-refractivity contribution is 0.0315. The van der Waals surface area contributed by atoms with Crippen molar-refractivity contribution >= 4 is 5.91 Å². The summed E-state index contributed by atoms with van der Waals surface area (Å²) in [5.41, 5.74) is 2.04. The molecule has 4 nitrogen and oxygen atoms in total. The number of benzene rings is 1. The smallest absolute Gasteiger partial charge is 0.253 e.